The number of hydrogen-bond acceptors (Lipinski definition) is 5. The molecule has 0 aromatic heterocycles. The molecule has 1 aromatic rings. The lowest BCUT2D eigenvalue weighted by Crippen LogP contribution is -2.56. The predicted molar refractivity (Wildman–Crippen MR) is 118 cm³/mol. The fourth-order valence-corrected chi connectivity index (χ4v) is 5.04. The van der Waals surface area contributed by atoms with E-state index in [0.717, 1.165) is 16.7 Å². The van der Waals surface area contributed by atoms with Crippen LogP contribution >= 0.6 is 0 Å². The zero-order valence-electron chi connectivity index (χ0n) is 18.6. The average Bonchev–Trinajstić information content (AvgIpc) is 2.99. The first kappa shape index (κ1) is 23.4. The van der Waals surface area contributed by atoms with Gasteiger partial charge in [0.05, 0.1) is 6.10 Å². The van der Waals surface area contributed by atoms with Crippen molar-refractivity contribution in [3.63, 3.8) is 0 Å². The van der Waals surface area contributed by atoms with E-state index in [1.54, 1.807) is 19.1 Å². The maximum absolute atomic E-state index is 13.0. The van der Waals surface area contributed by atoms with Crippen LogP contribution in [0.3, 0.4) is 0 Å². The molecule has 1 fully saturated rings. The molecule has 3 rings (SSSR count). The molecule has 1 heterocycles. The van der Waals surface area contributed by atoms with E-state index in [9.17, 15) is 24.9 Å². The highest BCUT2D eigenvalue weighted by Gasteiger charge is 2.62. The van der Waals surface area contributed by atoms with Crippen molar-refractivity contribution in [2.24, 2.45) is 17.8 Å². The monoisotopic (exact) mass is 427 g/mol. The second-order valence-corrected chi connectivity index (χ2v) is 9.05. The standard InChI is InChI=1S/C25H33NO5/c1-14(22(28)17(4)27)9-8-12-19-23(29)16(3)15(2)21-20(26-24(30)25(19,21)31)13-18-10-6-5-7-11-18/h5-8,10-12,14,17,19-21,23,27,29,31H,9,13H2,1-4H3,(H,26,30)/b12-8+/t14-,17-,19+,20-,21-,23+,25-/m0/s1. The van der Waals surface area contributed by atoms with Gasteiger partial charge in [-0.1, -0.05) is 55.0 Å². The van der Waals surface area contributed by atoms with E-state index in [1.165, 1.54) is 6.92 Å². The second-order valence-electron chi connectivity index (χ2n) is 9.05. The average molecular weight is 428 g/mol. The smallest absolute Gasteiger partial charge is 0.253 e. The summed E-state index contributed by atoms with van der Waals surface area (Å²) in [5, 5.41) is 35.0. The number of nitrogens with one attached hydrogen (secondary N) is 1. The van der Waals surface area contributed by atoms with Crippen LogP contribution in [0.2, 0.25) is 0 Å². The Hall–Kier alpha value is -2.28. The summed E-state index contributed by atoms with van der Waals surface area (Å²) in [6.45, 7) is 6.87. The fraction of sp³-hybridized carbons (Fsp3) is 0.520. The number of amides is 1. The number of benzene rings is 1. The van der Waals surface area contributed by atoms with Gasteiger partial charge >= 0.3 is 0 Å². The van der Waals surface area contributed by atoms with Crippen LogP contribution in [0.5, 0.6) is 0 Å². The zero-order chi connectivity index (χ0) is 22.9. The number of aliphatic hydroxyl groups is 3. The first-order chi connectivity index (χ1) is 14.6. The SMILES string of the molecule is CC1=C(C)[C@H]2[C@H](Cc3ccccc3)NC(=O)[C@]2(O)[C@H](/C=C/C[C@H](C)C(=O)[C@H](C)O)[C@@H]1O. The van der Waals surface area contributed by atoms with Gasteiger partial charge in [-0.25, -0.2) is 0 Å². The number of ketones is 1. The second kappa shape index (κ2) is 9.07. The van der Waals surface area contributed by atoms with Crippen LogP contribution in [0, 0.1) is 17.8 Å². The first-order valence-corrected chi connectivity index (χ1v) is 10.9. The third kappa shape index (κ3) is 4.25. The van der Waals surface area contributed by atoms with Gasteiger partial charge in [0, 0.05) is 23.8 Å². The number of aliphatic hydroxyl groups excluding tert-OH is 2. The van der Waals surface area contributed by atoms with Crippen molar-refractivity contribution in [1.29, 1.82) is 0 Å². The van der Waals surface area contributed by atoms with Gasteiger partial charge in [-0.15, -0.1) is 0 Å². The molecule has 0 unspecified atom stereocenters. The van der Waals surface area contributed by atoms with Gasteiger partial charge in [-0.05, 0) is 44.7 Å². The van der Waals surface area contributed by atoms with Crippen molar-refractivity contribution in [2.75, 3.05) is 0 Å². The molecule has 1 amide bonds. The summed E-state index contributed by atoms with van der Waals surface area (Å²) in [6, 6.07) is 9.52. The van der Waals surface area contributed by atoms with E-state index in [1.807, 2.05) is 44.2 Å². The van der Waals surface area contributed by atoms with E-state index < -0.39 is 41.5 Å². The lowest BCUT2D eigenvalue weighted by molar-refractivity contribution is -0.147. The van der Waals surface area contributed by atoms with Gasteiger partial charge in [-0.3, -0.25) is 9.59 Å². The number of fused-ring (bicyclic) bond motifs is 1. The molecule has 31 heavy (non-hydrogen) atoms. The summed E-state index contributed by atoms with van der Waals surface area (Å²) in [7, 11) is 0. The lowest BCUT2D eigenvalue weighted by Gasteiger charge is -2.43. The summed E-state index contributed by atoms with van der Waals surface area (Å²) in [5.74, 6) is -2.43. The van der Waals surface area contributed by atoms with Gasteiger partial charge in [0.2, 0.25) is 0 Å². The van der Waals surface area contributed by atoms with Gasteiger partial charge in [0.15, 0.2) is 11.4 Å². The quantitative estimate of drug-likeness (QED) is 0.498. The largest absolute Gasteiger partial charge is 0.388 e. The molecule has 1 aromatic carbocycles. The third-order valence-electron chi connectivity index (χ3n) is 6.97. The van der Waals surface area contributed by atoms with Gasteiger partial charge < -0.3 is 20.6 Å². The van der Waals surface area contributed by atoms with Crippen molar-refractivity contribution >= 4 is 11.7 Å². The summed E-state index contributed by atoms with van der Waals surface area (Å²) in [4.78, 5) is 25.0. The molecule has 6 heteroatoms. The molecule has 0 radical (unpaired) electrons. The van der Waals surface area contributed by atoms with Gasteiger partial charge in [0.1, 0.15) is 6.10 Å². The van der Waals surface area contributed by atoms with Crippen LogP contribution in [0.4, 0.5) is 0 Å². The highest BCUT2D eigenvalue weighted by Crippen LogP contribution is 2.48. The number of carbonyl (C=O) groups is 2. The minimum absolute atomic E-state index is 0.265. The minimum Gasteiger partial charge on any atom is -0.388 e. The Morgan fingerprint density at radius 1 is 1.19 bits per heavy atom. The van der Waals surface area contributed by atoms with Crippen LogP contribution in [-0.4, -0.2) is 50.9 Å². The third-order valence-corrected chi connectivity index (χ3v) is 6.97. The highest BCUT2D eigenvalue weighted by molar-refractivity contribution is 5.90. The zero-order valence-corrected chi connectivity index (χ0v) is 18.6. The van der Waals surface area contributed by atoms with Crippen molar-refractivity contribution in [1.82, 2.24) is 5.32 Å². The molecular formula is C25H33NO5. The Morgan fingerprint density at radius 3 is 2.45 bits per heavy atom. The highest BCUT2D eigenvalue weighted by atomic mass is 16.3. The number of carbonyl (C=O) groups excluding carboxylic acids is 2. The molecule has 1 aliphatic heterocycles. The summed E-state index contributed by atoms with van der Waals surface area (Å²) in [6.07, 6.45) is 2.27. The molecule has 6 nitrogen and oxygen atoms in total. The van der Waals surface area contributed by atoms with Crippen LogP contribution in [0.15, 0.2) is 53.6 Å². The molecule has 0 bridgehead atoms. The molecule has 1 saturated heterocycles. The Kier molecular flexibility index (Phi) is 6.84. The molecule has 4 N–H and O–H groups in total. The first-order valence-electron chi connectivity index (χ1n) is 10.9. The van der Waals surface area contributed by atoms with Crippen LogP contribution in [-0.2, 0) is 16.0 Å². The molecular weight excluding hydrogens is 394 g/mol. The maximum atomic E-state index is 13.0. The molecule has 1 aliphatic carbocycles. The minimum atomic E-state index is -1.77. The number of hydrogen-bond donors (Lipinski definition) is 4. The van der Waals surface area contributed by atoms with E-state index in [0.29, 0.717) is 12.8 Å². The normalized spacial score (nSPS) is 32.7. The van der Waals surface area contributed by atoms with Gasteiger partial charge in [-0.2, -0.15) is 0 Å². The van der Waals surface area contributed by atoms with Crippen molar-refractivity contribution < 1.29 is 24.9 Å². The summed E-state index contributed by atoms with van der Waals surface area (Å²) in [5.41, 5.74) is 0.881. The Labute approximate surface area is 183 Å². The van der Waals surface area contributed by atoms with Crippen molar-refractivity contribution in [3.8, 4) is 0 Å². The van der Waals surface area contributed by atoms with Crippen LogP contribution < -0.4 is 5.32 Å². The lowest BCUT2D eigenvalue weighted by atomic mass is 9.63. The molecule has 2 aliphatic rings. The number of allylic oxidation sites excluding steroid dienone is 1. The maximum Gasteiger partial charge on any atom is 0.253 e. The summed E-state index contributed by atoms with van der Waals surface area (Å²) < 4.78 is 0. The number of Topliss-reactive ketones (excluding diaryl/α,β-unsaturated/α-hetero) is 1. The molecule has 168 valence electrons. The Morgan fingerprint density at radius 2 is 1.84 bits per heavy atom. The van der Waals surface area contributed by atoms with E-state index in [4.69, 9.17) is 0 Å². The van der Waals surface area contributed by atoms with Crippen molar-refractivity contribution in [2.45, 2.75) is 64.4 Å². The Balaban J connectivity index is 1.89. The van der Waals surface area contributed by atoms with E-state index in [2.05, 4.69) is 5.32 Å². The summed E-state index contributed by atoms with van der Waals surface area (Å²) >= 11 is 0. The fourth-order valence-electron chi connectivity index (χ4n) is 5.04. The number of rotatable bonds is 7. The Bertz CT molecular complexity index is 890. The molecule has 0 saturated carbocycles. The van der Waals surface area contributed by atoms with Crippen LogP contribution in [0.1, 0.15) is 39.7 Å². The van der Waals surface area contributed by atoms with Crippen molar-refractivity contribution in [3.05, 3.63) is 59.2 Å². The topological polar surface area (TPSA) is 107 Å². The predicted octanol–water partition coefficient (Wildman–Crippen LogP) is 1.93. The molecule has 7 atom stereocenters. The van der Waals surface area contributed by atoms with Crippen LogP contribution in [0.25, 0.3) is 0 Å². The molecule has 0 spiro atoms. The van der Waals surface area contributed by atoms with E-state index in [-0.39, 0.29) is 11.8 Å². The van der Waals surface area contributed by atoms with Gasteiger partial charge in [0.25, 0.3) is 5.91 Å². The van der Waals surface area contributed by atoms with E-state index >= 15 is 0 Å².